The van der Waals surface area contributed by atoms with Gasteiger partial charge in [-0.1, -0.05) is 70.5 Å². The third-order valence-electron chi connectivity index (χ3n) is 8.80. The molecule has 278 valence electrons. The minimum Gasteiger partial charge on any atom is -0.493 e. The van der Waals surface area contributed by atoms with Crippen LogP contribution >= 0.6 is 15.9 Å². The highest BCUT2D eigenvalue weighted by molar-refractivity contribution is 9.08. The number of amides is 1. The Bertz CT molecular complexity index is 2060. The van der Waals surface area contributed by atoms with Gasteiger partial charge in [-0.2, -0.15) is 18.3 Å². The number of aromatic carboxylic acids is 1. The number of rotatable bonds is 14. The Morgan fingerprint density at radius 2 is 1.65 bits per heavy atom. The summed E-state index contributed by atoms with van der Waals surface area (Å²) in [6.07, 6.45) is -4.34. The molecule has 52 heavy (non-hydrogen) atoms. The maximum atomic E-state index is 13.9. The molecule has 3 aromatic carbocycles. The molecular formula is C39H44BrF3N4O5. The number of aromatic nitrogens is 3. The summed E-state index contributed by atoms with van der Waals surface area (Å²) < 4.78 is 56.4. The first-order chi connectivity index (χ1) is 24.6. The Labute approximate surface area is 309 Å². The van der Waals surface area contributed by atoms with E-state index in [-0.39, 0.29) is 23.3 Å². The predicted octanol–water partition coefficient (Wildman–Crippen LogP) is 9.55. The average molecular weight is 786 g/mol. The van der Waals surface area contributed by atoms with E-state index in [0.717, 1.165) is 16.5 Å². The fourth-order valence-electron chi connectivity index (χ4n) is 6.60. The van der Waals surface area contributed by atoms with Gasteiger partial charge in [0.25, 0.3) is 0 Å². The summed E-state index contributed by atoms with van der Waals surface area (Å²) in [5, 5.41) is 17.9. The summed E-state index contributed by atoms with van der Waals surface area (Å²) in [6, 6.07) is 19.0. The summed E-state index contributed by atoms with van der Waals surface area (Å²) in [4.78, 5) is 27.1. The van der Waals surface area contributed by atoms with Crippen LogP contribution in [0.5, 0.6) is 5.75 Å². The number of carbonyl (C=O) groups is 2. The SMILES string of the molecule is CN(CCCCn1c(C(=O)O)c(CCCOc2cccc3ccccc23)c2cccc(-c3c(CC(F)(F)F)nn(C)c3CBr)c21)C(=O)OC(C)(C)C. The van der Waals surface area contributed by atoms with Gasteiger partial charge in [0.05, 0.1) is 29.9 Å². The lowest BCUT2D eigenvalue weighted by Crippen LogP contribution is -2.34. The van der Waals surface area contributed by atoms with Crippen molar-refractivity contribution in [3.8, 4) is 16.9 Å². The first kappa shape index (κ1) is 38.7. The molecule has 0 radical (unpaired) electrons. The molecule has 2 aromatic heterocycles. The van der Waals surface area contributed by atoms with Crippen molar-refractivity contribution in [2.45, 2.75) is 76.5 Å². The van der Waals surface area contributed by atoms with Gasteiger partial charge in [0.15, 0.2) is 0 Å². The lowest BCUT2D eigenvalue weighted by Gasteiger charge is -2.24. The Kier molecular flexibility index (Phi) is 11.9. The number of fused-ring (bicyclic) bond motifs is 2. The zero-order valence-electron chi connectivity index (χ0n) is 30.0. The second kappa shape index (κ2) is 16.0. The molecule has 0 aliphatic heterocycles. The molecule has 0 bridgehead atoms. The third kappa shape index (κ3) is 8.91. The number of nitrogens with zero attached hydrogens (tertiary/aromatic N) is 4. The number of benzene rings is 3. The largest absolute Gasteiger partial charge is 0.493 e. The quantitative estimate of drug-likeness (QED) is 0.0890. The molecule has 5 rings (SSSR count). The number of unbranched alkanes of at least 4 members (excludes halogenated alkanes) is 1. The molecule has 13 heteroatoms. The monoisotopic (exact) mass is 784 g/mol. The maximum absolute atomic E-state index is 13.9. The van der Waals surface area contributed by atoms with Gasteiger partial charge in [-0.3, -0.25) is 4.68 Å². The Morgan fingerprint density at radius 1 is 0.962 bits per heavy atom. The van der Waals surface area contributed by atoms with E-state index in [4.69, 9.17) is 9.47 Å². The van der Waals surface area contributed by atoms with Crippen LogP contribution in [0.1, 0.15) is 67.5 Å². The molecule has 1 amide bonds. The molecule has 0 fully saturated rings. The molecule has 5 aromatic rings. The minimum atomic E-state index is -4.51. The second-order valence-electron chi connectivity index (χ2n) is 13.8. The molecule has 0 saturated carbocycles. The molecule has 9 nitrogen and oxygen atoms in total. The van der Waals surface area contributed by atoms with Gasteiger partial charge in [-0.15, -0.1) is 0 Å². The summed E-state index contributed by atoms with van der Waals surface area (Å²) in [5.74, 6) is -0.408. The van der Waals surface area contributed by atoms with Gasteiger partial charge in [0, 0.05) is 54.4 Å². The average Bonchev–Trinajstić information content (AvgIpc) is 3.56. The number of aryl methyl sites for hydroxylation is 3. The normalized spacial score (nSPS) is 12.1. The molecule has 2 heterocycles. The molecule has 0 aliphatic carbocycles. The Balaban J connectivity index is 1.53. The number of halogens is 4. The van der Waals surface area contributed by atoms with Crippen molar-refractivity contribution in [2.75, 3.05) is 20.2 Å². The van der Waals surface area contributed by atoms with Crippen LogP contribution in [0, 0.1) is 0 Å². The summed E-state index contributed by atoms with van der Waals surface area (Å²) in [5.41, 5.74) is 1.76. The van der Waals surface area contributed by atoms with Crippen molar-refractivity contribution >= 4 is 49.7 Å². The topological polar surface area (TPSA) is 98.8 Å². The smallest absolute Gasteiger partial charge is 0.410 e. The van der Waals surface area contributed by atoms with E-state index < -0.39 is 30.3 Å². The van der Waals surface area contributed by atoms with Gasteiger partial charge in [0.1, 0.15) is 17.0 Å². The Hall–Kier alpha value is -4.52. The first-order valence-electron chi connectivity index (χ1n) is 17.2. The lowest BCUT2D eigenvalue weighted by atomic mass is 9.97. The summed E-state index contributed by atoms with van der Waals surface area (Å²) >= 11 is 3.45. The van der Waals surface area contributed by atoms with E-state index >= 15 is 0 Å². The van der Waals surface area contributed by atoms with Crippen LogP contribution in [0.3, 0.4) is 0 Å². The van der Waals surface area contributed by atoms with E-state index in [0.29, 0.717) is 72.1 Å². The minimum absolute atomic E-state index is 0.0785. The van der Waals surface area contributed by atoms with Crippen molar-refractivity contribution in [1.29, 1.82) is 0 Å². The van der Waals surface area contributed by atoms with Crippen molar-refractivity contribution in [2.24, 2.45) is 7.05 Å². The van der Waals surface area contributed by atoms with E-state index in [2.05, 4.69) is 21.0 Å². The molecule has 0 unspecified atom stereocenters. The number of hydrogen-bond donors (Lipinski definition) is 1. The molecule has 0 saturated heterocycles. The van der Waals surface area contributed by atoms with E-state index in [1.54, 1.807) is 51.6 Å². The zero-order valence-corrected chi connectivity index (χ0v) is 31.6. The first-order valence-corrected chi connectivity index (χ1v) is 18.3. The number of ether oxygens (including phenoxy) is 2. The summed E-state index contributed by atoms with van der Waals surface area (Å²) in [6.45, 7) is 6.31. The van der Waals surface area contributed by atoms with Crippen LogP contribution in [0.4, 0.5) is 18.0 Å². The maximum Gasteiger partial charge on any atom is 0.410 e. The zero-order chi connectivity index (χ0) is 37.8. The van der Waals surface area contributed by atoms with Crippen LogP contribution < -0.4 is 4.74 Å². The van der Waals surface area contributed by atoms with E-state index in [9.17, 15) is 27.9 Å². The Morgan fingerprint density at radius 3 is 2.35 bits per heavy atom. The van der Waals surface area contributed by atoms with Crippen molar-refractivity contribution in [1.82, 2.24) is 19.2 Å². The molecule has 0 aliphatic rings. The van der Waals surface area contributed by atoms with Crippen molar-refractivity contribution in [3.63, 3.8) is 0 Å². The van der Waals surface area contributed by atoms with Crippen molar-refractivity contribution in [3.05, 3.63) is 83.3 Å². The molecule has 1 N–H and O–H groups in total. The molecule has 0 spiro atoms. The highest BCUT2D eigenvalue weighted by atomic mass is 79.9. The molecular weight excluding hydrogens is 741 g/mol. The standard InChI is InChI=1S/C39H44BrF3N4O5/c1-38(2,3)52-37(50)45(4)20-8-9-21-47-34-27(16-11-17-29(34)33-30(23-39(41,42)43)44-46(5)31(33)24-40)28(35(47)36(48)49)18-12-22-51-32-19-10-14-25-13-6-7-15-26(25)32/h6-7,10-11,13-17,19H,8-9,12,18,20-24H2,1-5H3,(H,48,49). The number of carboxylic acids is 1. The fraction of sp³-hybridized carbons (Fsp3) is 0.410. The van der Waals surface area contributed by atoms with Crippen LogP contribution in [0.2, 0.25) is 0 Å². The van der Waals surface area contributed by atoms with Gasteiger partial charge in [-0.25, -0.2) is 9.59 Å². The number of alkyl halides is 4. The second-order valence-corrected chi connectivity index (χ2v) is 14.4. The van der Waals surface area contributed by atoms with Gasteiger partial charge < -0.3 is 24.0 Å². The lowest BCUT2D eigenvalue weighted by molar-refractivity contribution is -0.127. The fourth-order valence-corrected chi connectivity index (χ4v) is 7.25. The van der Waals surface area contributed by atoms with Gasteiger partial charge in [-0.05, 0) is 63.5 Å². The number of para-hydroxylation sites is 1. The van der Waals surface area contributed by atoms with Crippen LogP contribution in [-0.2, 0) is 36.5 Å². The number of carbonyl (C=O) groups excluding carboxylic acids is 1. The highest BCUT2D eigenvalue weighted by Crippen LogP contribution is 2.40. The molecule has 0 atom stereocenters. The third-order valence-corrected chi connectivity index (χ3v) is 9.33. The van der Waals surface area contributed by atoms with Crippen LogP contribution in [0.15, 0.2) is 60.7 Å². The number of carboxylic acid groups (broad SMARTS) is 1. The van der Waals surface area contributed by atoms with Crippen molar-refractivity contribution < 1.29 is 37.3 Å². The summed E-state index contributed by atoms with van der Waals surface area (Å²) in [7, 11) is 3.25. The van der Waals surface area contributed by atoms with Gasteiger partial charge >= 0.3 is 18.2 Å². The van der Waals surface area contributed by atoms with Crippen LogP contribution in [0.25, 0.3) is 32.8 Å². The van der Waals surface area contributed by atoms with E-state index in [1.165, 1.54) is 9.58 Å². The van der Waals surface area contributed by atoms with Crippen LogP contribution in [-0.4, -0.2) is 68.4 Å². The van der Waals surface area contributed by atoms with Gasteiger partial charge in [0.2, 0.25) is 0 Å². The van der Waals surface area contributed by atoms with E-state index in [1.807, 2.05) is 48.5 Å². The highest BCUT2D eigenvalue weighted by Gasteiger charge is 2.34. The predicted molar refractivity (Wildman–Crippen MR) is 199 cm³/mol. The number of hydrogen-bond acceptors (Lipinski definition) is 5.